The molecular formula is C22H27N5O3. The third-order valence-electron chi connectivity index (χ3n) is 5.29. The molecule has 0 spiro atoms. The van der Waals surface area contributed by atoms with Gasteiger partial charge in [-0.3, -0.25) is 14.6 Å². The average molecular weight is 409 g/mol. The summed E-state index contributed by atoms with van der Waals surface area (Å²) in [5.41, 5.74) is 1.37. The van der Waals surface area contributed by atoms with Crippen LogP contribution in [0.3, 0.4) is 0 Å². The summed E-state index contributed by atoms with van der Waals surface area (Å²) in [5, 5.41) is 8.12. The van der Waals surface area contributed by atoms with E-state index in [9.17, 15) is 9.59 Å². The van der Waals surface area contributed by atoms with Gasteiger partial charge in [0.15, 0.2) is 5.65 Å². The van der Waals surface area contributed by atoms with E-state index in [0.29, 0.717) is 28.0 Å². The molecule has 2 atom stereocenters. The maximum atomic E-state index is 13.4. The van der Waals surface area contributed by atoms with Gasteiger partial charge in [0.25, 0.3) is 5.91 Å². The zero-order chi connectivity index (χ0) is 21.9. The van der Waals surface area contributed by atoms with Crippen LogP contribution in [-0.2, 0) is 15.1 Å². The summed E-state index contributed by atoms with van der Waals surface area (Å²) >= 11 is 0. The molecule has 0 radical (unpaired) electrons. The Morgan fingerprint density at radius 2 is 2.10 bits per heavy atom. The number of nitrogens with one attached hydrogen (secondary N) is 1. The number of ether oxygens (including phenoxy) is 1. The fourth-order valence-electron chi connectivity index (χ4n) is 3.39. The number of fused-ring (bicyclic) bond motifs is 1. The SMILES string of the molecule is CC[C@@H](C)n1ncc2c(C(=O)N[C@@](C)(CC(=O)OC)c3ccccn3)cc(C)nc21. The van der Waals surface area contributed by atoms with Crippen LogP contribution in [0.5, 0.6) is 0 Å². The number of esters is 1. The van der Waals surface area contributed by atoms with Crippen LogP contribution in [0.15, 0.2) is 36.7 Å². The van der Waals surface area contributed by atoms with Crippen LogP contribution in [0.4, 0.5) is 0 Å². The van der Waals surface area contributed by atoms with Gasteiger partial charge in [-0.15, -0.1) is 0 Å². The molecule has 3 rings (SSSR count). The number of aryl methyl sites for hydroxylation is 1. The highest BCUT2D eigenvalue weighted by molar-refractivity contribution is 6.06. The van der Waals surface area contributed by atoms with Crippen LogP contribution in [0.25, 0.3) is 11.0 Å². The Hall–Kier alpha value is -3.29. The standard InChI is InChI=1S/C22H27N5O3/c1-6-15(3)27-20-17(13-24-27)16(11-14(2)25-20)21(29)26-22(4,12-19(28)30-5)18-9-7-8-10-23-18/h7-11,13,15H,6,12H2,1-5H3,(H,26,29)/t15-,22+/m1/s1. The number of amides is 1. The second-order valence-corrected chi connectivity index (χ2v) is 7.65. The first-order valence-corrected chi connectivity index (χ1v) is 9.94. The molecule has 0 aliphatic carbocycles. The van der Waals surface area contributed by atoms with Crippen LogP contribution in [0, 0.1) is 6.92 Å². The van der Waals surface area contributed by atoms with Gasteiger partial charge in [-0.2, -0.15) is 5.10 Å². The Morgan fingerprint density at radius 3 is 2.73 bits per heavy atom. The van der Waals surface area contributed by atoms with Crippen molar-refractivity contribution in [3.8, 4) is 0 Å². The number of carbonyl (C=O) groups excluding carboxylic acids is 2. The molecule has 1 amide bonds. The van der Waals surface area contributed by atoms with E-state index in [-0.39, 0.29) is 18.4 Å². The van der Waals surface area contributed by atoms with Crippen molar-refractivity contribution >= 4 is 22.9 Å². The highest BCUT2D eigenvalue weighted by Crippen LogP contribution is 2.27. The van der Waals surface area contributed by atoms with Gasteiger partial charge in [-0.25, -0.2) is 9.67 Å². The average Bonchev–Trinajstić information content (AvgIpc) is 3.16. The summed E-state index contributed by atoms with van der Waals surface area (Å²) in [7, 11) is 1.32. The van der Waals surface area contributed by atoms with E-state index >= 15 is 0 Å². The molecule has 3 aromatic heterocycles. The molecule has 0 saturated heterocycles. The van der Waals surface area contributed by atoms with Crippen LogP contribution < -0.4 is 5.32 Å². The summed E-state index contributed by atoms with van der Waals surface area (Å²) in [6.07, 6.45) is 4.14. The molecule has 3 aromatic rings. The molecule has 8 nitrogen and oxygen atoms in total. The maximum absolute atomic E-state index is 13.4. The van der Waals surface area contributed by atoms with Crippen LogP contribution in [-0.4, -0.2) is 38.7 Å². The van der Waals surface area contributed by atoms with E-state index in [4.69, 9.17) is 4.74 Å². The highest BCUT2D eigenvalue weighted by atomic mass is 16.5. The van der Waals surface area contributed by atoms with Crippen molar-refractivity contribution in [3.63, 3.8) is 0 Å². The molecule has 0 aliphatic heterocycles. The Labute approximate surface area is 175 Å². The normalized spacial score (nSPS) is 14.2. The molecular weight excluding hydrogens is 382 g/mol. The fraction of sp³-hybridized carbons (Fsp3) is 0.409. The summed E-state index contributed by atoms with van der Waals surface area (Å²) in [6.45, 7) is 7.74. The van der Waals surface area contributed by atoms with E-state index in [1.807, 2.05) is 17.7 Å². The minimum atomic E-state index is -1.04. The molecule has 0 bridgehead atoms. The zero-order valence-electron chi connectivity index (χ0n) is 18.0. The lowest BCUT2D eigenvalue weighted by atomic mass is 9.92. The number of pyridine rings is 2. The number of carbonyl (C=O) groups is 2. The predicted octanol–water partition coefficient (Wildman–Crippen LogP) is 3.31. The van der Waals surface area contributed by atoms with Crippen molar-refractivity contribution < 1.29 is 14.3 Å². The number of hydrogen-bond donors (Lipinski definition) is 1. The van der Waals surface area contributed by atoms with Crippen molar-refractivity contribution in [1.82, 2.24) is 25.1 Å². The zero-order valence-corrected chi connectivity index (χ0v) is 18.0. The van der Waals surface area contributed by atoms with Gasteiger partial charge in [0, 0.05) is 11.9 Å². The molecule has 0 aromatic carbocycles. The molecule has 0 saturated carbocycles. The fourth-order valence-corrected chi connectivity index (χ4v) is 3.39. The molecule has 30 heavy (non-hydrogen) atoms. The van der Waals surface area contributed by atoms with Crippen molar-refractivity contribution in [2.75, 3.05) is 7.11 Å². The molecule has 1 N–H and O–H groups in total. The first-order valence-electron chi connectivity index (χ1n) is 9.94. The number of nitrogens with zero attached hydrogens (tertiary/aromatic N) is 4. The van der Waals surface area contributed by atoms with Crippen molar-refractivity contribution in [1.29, 1.82) is 0 Å². The summed E-state index contributed by atoms with van der Waals surface area (Å²) in [6, 6.07) is 7.26. The molecule has 8 heteroatoms. The van der Waals surface area contributed by atoms with Crippen LogP contribution in [0.2, 0.25) is 0 Å². The Morgan fingerprint density at radius 1 is 1.33 bits per heavy atom. The number of rotatable bonds is 7. The van der Waals surface area contributed by atoms with Gasteiger partial charge < -0.3 is 10.1 Å². The Kier molecular flexibility index (Phi) is 6.14. The van der Waals surface area contributed by atoms with E-state index in [1.165, 1.54) is 7.11 Å². The monoisotopic (exact) mass is 409 g/mol. The van der Waals surface area contributed by atoms with Crippen molar-refractivity contribution in [2.45, 2.75) is 52.1 Å². The molecule has 158 valence electrons. The third-order valence-corrected chi connectivity index (χ3v) is 5.29. The summed E-state index contributed by atoms with van der Waals surface area (Å²) in [4.78, 5) is 34.4. The quantitative estimate of drug-likeness (QED) is 0.601. The van der Waals surface area contributed by atoms with Crippen LogP contribution >= 0.6 is 0 Å². The highest BCUT2D eigenvalue weighted by Gasteiger charge is 2.34. The van der Waals surface area contributed by atoms with E-state index in [2.05, 4.69) is 34.2 Å². The summed E-state index contributed by atoms with van der Waals surface area (Å²) < 4.78 is 6.68. The second-order valence-electron chi connectivity index (χ2n) is 7.65. The Bertz CT molecular complexity index is 1060. The molecule has 3 heterocycles. The summed E-state index contributed by atoms with van der Waals surface area (Å²) in [5.74, 6) is -0.768. The lowest BCUT2D eigenvalue weighted by molar-refractivity contribution is -0.142. The number of hydrogen-bond acceptors (Lipinski definition) is 6. The van der Waals surface area contributed by atoms with E-state index in [1.54, 1.807) is 37.5 Å². The van der Waals surface area contributed by atoms with Gasteiger partial charge >= 0.3 is 5.97 Å². The van der Waals surface area contributed by atoms with Gasteiger partial charge in [-0.05, 0) is 45.4 Å². The minimum Gasteiger partial charge on any atom is -0.469 e. The van der Waals surface area contributed by atoms with E-state index in [0.717, 1.165) is 6.42 Å². The first-order chi connectivity index (χ1) is 14.3. The topological polar surface area (TPSA) is 99.0 Å². The Balaban J connectivity index is 2.03. The molecule has 0 fully saturated rings. The lowest BCUT2D eigenvalue weighted by Crippen LogP contribution is -2.46. The largest absolute Gasteiger partial charge is 0.469 e. The van der Waals surface area contributed by atoms with Gasteiger partial charge in [0.1, 0.15) is 0 Å². The number of aromatic nitrogens is 4. The van der Waals surface area contributed by atoms with Crippen molar-refractivity contribution in [3.05, 3.63) is 53.6 Å². The van der Waals surface area contributed by atoms with Crippen molar-refractivity contribution in [2.24, 2.45) is 0 Å². The third kappa shape index (κ3) is 4.17. The van der Waals surface area contributed by atoms with Gasteiger partial charge in [0.2, 0.25) is 0 Å². The smallest absolute Gasteiger partial charge is 0.308 e. The maximum Gasteiger partial charge on any atom is 0.308 e. The lowest BCUT2D eigenvalue weighted by Gasteiger charge is -2.29. The minimum absolute atomic E-state index is 0.0500. The predicted molar refractivity (Wildman–Crippen MR) is 113 cm³/mol. The first kappa shape index (κ1) is 21.4. The molecule has 0 aliphatic rings. The van der Waals surface area contributed by atoms with Crippen LogP contribution in [0.1, 0.15) is 61.4 Å². The van der Waals surface area contributed by atoms with Gasteiger partial charge in [-0.1, -0.05) is 13.0 Å². The van der Waals surface area contributed by atoms with Gasteiger partial charge in [0.05, 0.1) is 48.0 Å². The van der Waals surface area contributed by atoms with E-state index < -0.39 is 11.5 Å². The number of methoxy groups -OCH3 is 1. The molecule has 0 unspecified atom stereocenters. The second kappa shape index (κ2) is 8.61.